The summed E-state index contributed by atoms with van der Waals surface area (Å²) in [5, 5.41) is 0. The Morgan fingerprint density at radius 2 is 1.53 bits per heavy atom. The molecule has 4 aromatic rings. The number of carbonyl (C=O) groups excluding carboxylic acids is 2. The Morgan fingerprint density at radius 3 is 2.23 bits per heavy atom. The van der Waals surface area contributed by atoms with Crippen molar-refractivity contribution in [2.75, 3.05) is 19.8 Å². The highest BCUT2D eigenvalue weighted by atomic mass is 16.6. The topological polar surface area (TPSA) is 97.1 Å². The van der Waals surface area contributed by atoms with E-state index in [0.717, 1.165) is 33.7 Å². The zero-order valence-corrected chi connectivity index (χ0v) is 25.2. The van der Waals surface area contributed by atoms with Crippen LogP contribution in [0.4, 0.5) is 0 Å². The van der Waals surface area contributed by atoms with Gasteiger partial charge in [-0.2, -0.15) is 0 Å². The monoisotopic (exact) mass is 583 g/mol. The van der Waals surface area contributed by atoms with Gasteiger partial charge in [-0.05, 0) is 93.8 Å². The third-order valence-electron chi connectivity index (χ3n) is 6.52. The molecule has 0 fully saturated rings. The van der Waals surface area contributed by atoms with Gasteiger partial charge in [-0.25, -0.2) is 14.6 Å². The predicted octanol–water partition coefficient (Wildman–Crippen LogP) is 7.24. The predicted molar refractivity (Wildman–Crippen MR) is 165 cm³/mol. The molecule has 8 heteroatoms. The second kappa shape index (κ2) is 14.4. The molecule has 0 saturated heterocycles. The molecule has 0 amide bonds. The highest BCUT2D eigenvalue weighted by Crippen LogP contribution is 2.28. The molecule has 0 aliphatic carbocycles. The van der Waals surface area contributed by atoms with Crippen LogP contribution in [-0.2, 0) is 25.5 Å². The van der Waals surface area contributed by atoms with Gasteiger partial charge >= 0.3 is 11.9 Å². The Bertz CT molecular complexity index is 1550. The van der Waals surface area contributed by atoms with Crippen LogP contribution in [0.2, 0.25) is 0 Å². The number of esters is 2. The number of hydrogen-bond acceptors (Lipinski definition) is 8. The van der Waals surface area contributed by atoms with Gasteiger partial charge < -0.3 is 23.4 Å². The molecular formula is C35H37NO7. The number of oxazole rings is 1. The SMILES string of the molecule is CCOC(=O)C=Cc1ccc(-c2cccc(-c3nc(CCOc4ccc(OC(C)(C)C(=O)OCC)cc4)c(C)o3)c2)cc1. The number of aromatic nitrogens is 1. The van der Waals surface area contributed by atoms with Crippen LogP contribution in [-0.4, -0.2) is 42.3 Å². The summed E-state index contributed by atoms with van der Waals surface area (Å²) in [5.74, 6) is 1.74. The summed E-state index contributed by atoms with van der Waals surface area (Å²) in [4.78, 5) is 28.4. The summed E-state index contributed by atoms with van der Waals surface area (Å²) >= 11 is 0. The lowest BCUT2D eigenvalue weighted by Gasteiger charge is -2.24. The quantitative estimate of drug-likeness (QED) is 0.120. The molecule has 0 bridgehead atoms. The van der Waals surface area contributed by atoms with Crippen molar-refractivity contribution in [3.63, 3.8) is 0 Å². The van der Waals surface area contributed by atoms with Gasteiger partial charge in [0.15, 0.2) is 5.60 Å². The van der Waals surface area contributed by atoms with E-state index in [1.165, 1.54) is 6.08 Å². The molecule has 1 heterocycles. The first-order chi connectivity index (χ1) is 20.7. The van der Waals surface area contributed by atoms with Gasteiger partial charge in [-0.15, -0.1) is 0 Å². The van der Waals surface area contributed by atoms with Crippen LogP contribution in [0.1, 0.15) is 44.7 Å². The maximum absolute atomic E-state index is 12.1. The molecule has 43 heavy (non-hydrogen) atoms. The molecule has 0 radical (unpaired) electrons. The second-order valence-corrected chi connectivity index (χ2v) is 10.2. The maximum Gasteiger partial charge on any atom is 0.349 e. The minimum absolute atomic E-state index is 0.297. The second-order valence-electron chi connectivity index (χ2n) is 10.2. The molecule has 3 aromatic carbocycles. The molecule has 4 rings (SSSR count). The van der Waals surface area contributed by atoms with Gasteiger partial charge in [0.05, 0.1) is 25.5 Å². The van der Waals surface area contributed by atoms with E-state index >= 15 is 0 Å². The first kappa shape index (κ1) is 31.1. The molecule has 224 valence electrons. The fourth-order valence-corrected chi connectivity index (χ4v) is 4.27. The smallest absolute Gasteiger partial charge is 0.349 e. The normalized spacial score (nSPS) is 11.4. The lowest BCUT2D eigenvalue weighted by molar-refractivity contribution is -0.158. The van der Waals surface area contributed by atoms with Crippen molar-refractivity contribution in [3.05, 3.63) is 95.9 Å². The first-order valence-corrected chi connectivity index (χ1v) is 14.3. The van der Waals surface area contributed by atoms with Crippen LogP contribution in [0, 0.1) is 6.92 Å². The van der Waals surface area contributed by atoms with Gasteiger partial charge in [0, 0.05) is 18.1 Å². The molecule has 8 nitrogen and oxygen atoms in total. The van der Waals surface area contributed by atoms with Crippen molar-refractivity contribution in [1.29, 1.82) is 0 Å². The fourth-order valence-electron chi connectivity index (χ4n) is 4.27. The highest BCUT2D eigenvalue weighted by molar-refractivity contribution is 5.87. The number of hydrogen-bond donors (Lipinski definition) is 0. The molecule has 0 unspecified atom stereocenters. The number of carbonyl (C=O) groups is 2. The van der Waals surface area contributed by atoms with Crippen molar-refractivity contribution < 1.29 is 33.0 Å². The number of aryl methyl sites for hydroxylation is 1. The summed E-state index contributed by atoms with van der Waals surface area (Å²) in [6.45, 7) is 9.85. The molecular weight excluding hydrogens is 546 g/mol. The zero-order chi connectivity index (χ0) is 30.8. The van der Waals surface area contributed by atoms with Crippen LogP contribution in [0.3, 0.4) is 0 Å². The van der Waals surface area contributed by atoms with Crippen molar-refractivity contribution in [2.24, 2.45) is 0 Å². The van der Waals surface area contributed by atoms with E-state index in [9.17, 15) is 9.59 Å². The average molecular weight is 584 g/mol. The van der Waals surface area contributed by atoms with E-state index in [1.807, 2.05) is 55.5 Å². The number of nitrogens with zero attached hydrogens (tertiary/aromatic N) is 1. The molecule has 0 saturated carbocycles. The van der Waals surface area contributed by atoms with Crippen molar-refractivity contribution in [1.82, 2.24) is 4.98 Å². The van der Waals surface area contributed by atoms with Gasteiger partial charge in [-0.1, -0.05) is 36.4 Å². The number of benzene rings is 3. The Morgan fingerprint density at radius 1 is 0.860 bits per heavy atom. The lowest BCUT2D eigenvalue weighted by atomic mass is 10.0. The van der Waals surface area contributed by atoms with Crippen LogP contribution < -0.4 is 9.47 Å². The van der Waals surface area contributed by atoms with E-state index in [2.05, 4.69) is 0 Å². The Balaban J connectivity index is 1.35. The van der Waals surface area contributed by atoms with Gasteiger partial charge in [0.25, 0.3) is 0 Å². The molecule has 0 spiro atoms. The molecule has 0 aliphatic heterocycles. The van der Waals surface area contributed by atoms with E-state index in [0.29, 0.717) is 43.6 Å². The lowest BCUT2D eigenvalue weighted by Crippen LogP contribution is -2.39. The van der Waals surface area contributed by atoms with Crippen molar-refractivity contribution in [2.45, 2.75) is 46.6 Å². The van der Waals surface area contributed by atoms with Crippen LogP contribution >= 0.6 is 0 Å². The van der Waals surface area contributed by atoms with E-state index in [4.69, 9.17) is 28.3 Å². The first-order valence-electron chi connectivity index (χ1n) is 14.3. The summed E-state index contributed by atoms with van der Waals surface area (Å²) < 4.78 is 27.7. The van der Waals surface area contributed by atoms with Gasteiger partial charge in [-0.3, -0.25) is 0 Å². The van der Waals surface area contributed by atoms with Crippen molar-refractivity contribution in [3.8, 4) is 34.1 Å². The van der Waals surface area contributed by atoms with E-state index in [-0.39, 0.29) is 5.97 Å². The Hall–Kier alpha value is -4.85. The maximum atomic E-state index is 12.1. The van der Waals surface area contributed by atoms with Crippen molar-refractivity contribution >= 4 is 18.0 Å². The van der Waals surface area contributed by atoms with Crippen LogP contribution in [0.25, 0.3) is 28.7 Å². The van der Waals surface area contributed by atoms with E-state index in [1.54, 1.807) is 58.0 Å². The molecule has 0 aliphatic rings. The highest BCUT2D eigenvalue weighted by Gasteiger charge is 2.31. The third kappa shape index (κ3) is 8.58. The largest absolute Gasteiger partial charge is 0.493 e. The van der Waals surface area contributed by atoms with Gasteiger partial charge in [0.1, 0.15) is 17.3 Å². The molecule has 1 aromatic heterocycles. The Kier molecular flexibility index (Phi) is 10.4. The fraction of sp³-hybridized carbons (Fsp3) is 0.286. The Labute approximate surface area is 252 Å². The third-order valence-corrected chi connectivity index (χ3v) is 6.52. The summed E-state index contributed by atoms with van der Waals surface area (Å²) in [6.07, 6.45) is 3.73. The summed E-state index contributed by atoms with van der Waals surface area (Å²) in [5.41, 5.74) is 3.58. The summed E-state index contributed by atoms with van der Waals surface area (Å²) in [6, 6.07) is 23.1. The molecule has 0 atom stereocenters. The standard InChI is InChI=1S/C35H37NO7/c1-6-39-32(37)20-13-25-11-14-26(15-12-25)27-9-8-10-28(23-27)33-36-31(24(3)42-33)21-22-41-29-16-18-30(19-17-29)43-35(4,5)34(38)40-7-2/h8-20,23H,6-7,21-22H2,1-5H3. The number of rotatable bonds is 13. The molecule has 0 N–H and O–H groups in total. The number of ether oxygens (including phenoxy) is 4. The van der Waals surface area contributed by atoms with Gasteiger partial charge in [0.2, 0.25) is 5.89 Å². The minimum atomic E-state index is -1.09. The van der Waals surface area contributed by atoms with Crippen LogP contribution in [0.5, 0.6) is 11.5 Å². The van der Waals surface area contributed by atoms with Crippen LogP contribution in [0.15, 0.2) is 83.3 Å². The van der Waals surface area contributed by atoms with E-state index < -0.39 is 11.6 Å². The minimum Gasteiger partial charge on any atom is -0.493 e. The average Bonchev–Trinajstić information content (AvgIpc) is 3.37. The zero-order valence-electron chi connectivity index (χ0n) is 25.2. The summed E-state index contributed by atoms with van der Waals surface area (Å²) in [7, 11) is 0.